The topological polar surface area (TPSA) is 50.7 Å². The maximum atomic E-state index is 4.61. The fourth-order valence-corrected chi connectivity index (χ4v) is 3.59. The Hall–Kier alpha value is -1.01. The first-order valence-corrected chi connectivity index (χ1v) is 8.22. The van der Waals surface area contributed by atoms with Crippen molar-refractivity contribution in [3.8, 4) is 9.88 Å². The molecule has 0 saturated carbocycles. The van der Waals surface area contributed by atoms with Gasteiger partial charge in [0.2, 0.25) is 5.13 Å². The van der Waals surface area contributed by atoms with Crippen LogP contribution in [-0.2, 0) is 0 Å². The largest absolute Gasteiger partial charge is 0.358 e. The third kappa shape index (κ3) is 3.30. The monoisotopic (exact) mass is 296 g/mol. The van der Waals surface area contributed by atoms with E-state index >= 15 is 0 Å². The molecule has 0 fully saturated rings. The van der Waals surface area contributed by atoms with Gasteiger partial charge in [0.25, 0.3) is 0 Å². The van der Waals surface area contributed by atoms with E-state index in [4.69, 9.17) is 0 Å². The highest BCUT2D eigenvalue weighted by molar-refractivity contribution is 7.23. The van der Waals surface area contributed by atoms with Gasteiger partial charge in [-0.3, -0.25) is 0 Å². The summed E-state index contributed by atoms with van der Waals surface area (Å²) in [7, 11) is 0. The van der Waals surface area contributed by atoms with E-state index in [0.29, 0.717) is 12.0 Å². The lowest BCUT2D eigenvalue weighted by Crippen LogP contribution is -2.12. The summed E-state index contributed by atoms with van der Waals surface area (Å²) in [5.41, 5.74) is 1.06. The molecular weight excluding hydrogens is 276 g/mol. The Morgan fingerprint density at radius 2 is 1.89 bits per heavy atom. The van der Waals surface area contributed by atoms with Gasteiger partial charge >= 0.3 is 0 Å². The van der Waals surface area contributed by atoms with Gasteiger partial charge in [-0.15, -0.1) is 21.5 Å². The van der Waals surface area contributed by atoms with Gasteiger partial charge in [-0.2, -0.15) is 0 Å². The van der Waals surface area contributed by atoms with Crippen LogP contribution < -0.4 is 5.32 Å². The second-order valence-corrected chi connectivity index (χ2v) is 7.00. The maximum absolute atomic E-state index is 4.61. The highest BCUT2D eigenvalue weighted by Gasteiger charge is 2.16. The molecule has 6 heteroatoms. The fraction of sp³-hybridized carbons (Fsp3) is 0.615. The number of aryl methyl sites for hydroxylation is 1. The smallest absolute Gasteiger partial charge is 0.206 e. The Kier molecular flexibility index (Phi) is 4.52. The molecule has 104 valence electrons. The first kappa shape index (κ1) is 14.4. The molecule has 0 bridgehead atoms. The van der Waals surface area contributed by atoms with Crippen LogP contribution in [0.3, 0.4) is 0 Å². The molecule has 0 spiro atoms. The Morgan fingerprint density at radius 1 is 1.16 bits per heavy atom. The zero-order valence-electron chi connectivity index (χ0n) is 12.0. The Bertz CT molecular complexity index is 545. The number of anilines is 1. The Morgan fingerprint density at radius 3 is 2.47 bits per heavy atom. The summed E-state index contributed by atoms with van der Waals surface area (Å²) in [6, 6.07) is 0.426. The van der Waals surface area contributed by atoms with Crippen LogP contribution in [0.15, 0.2) is 0 Å². The molecule has 0 radical (unpaired) electrons. The van der Waals surface area contributed by atoms with Gasteiger partial charge in [0.15, 0.2) is 5.01 Å². The van der Waals surface area contributed by atoms with E-state index in [9.17, 15) is 0 Å². The lowest BCUT2D eigenvalue weighted by Gasteiger charge is -2.07. The molecule has 19 heavy (non-hydrogen) atoms. The third-order valence-electron chi connectivity index (χ3n) is 2.91. The zero-order chi connectivity index (χ0) is 14.0. The van der Waals surface area contributed by atoms with Crippen molar-refractivity contribution in [1.82, 2.24) is 15.2 Å². The normalized spacial score (nSPS) is 12.9. The molecule has 1 atom stereocenters. The SMILES string of the molecule is CCC(C)Nc1nnc(-c2sc(C(C)C)nc2C)s1. The number of hydrogen-bond acceptors (Lipinski definition) is 6. The molecule has 0 aliphatic carbocycles. The second-order valence-electron chi connectivity index (χ2n) is 4.99. The van der Waals surface area contributed by atoms with Crippen molar-refractivity contribution in [3.63, 3.8) is 0 Å². The predicted molar refractivity (Wildman–Crippen MR) is 83.2 cm³/mol. The molecule has 0 amide bonds. The molecule has 2 rings (SSSR count). The number of nitrogens with one attached hydrogen (secondary N) is 1. The summed E-state index contributed by atoms with van der Waals surface area (Å²) in [4.78, 5) is 5.76. The van der Waals surface area contributed by atoms with Crippen LogP contribution in [-0.4, -0.2) is 21.2 Å². The summed E-state index contributed by atoms with van der Waals surface area (Å²) in [6.07, 6.45) is 1.08. The van der Waals surface area contributed by atoms with E-state index in [-0.39, 0.29) is 0 Å². The average molecular weight is 296 g/mol. The molecule has 1 unspecified atom stereocenters. The van der Waals surface area contributed by atoms with Gasteiger partial charge in [0.05, 0.1) is 15.6 Å². The summed E-state index contributed by atoms with van der Waals surface area (Å²) < 4.78 is 0. The van der Waals surface area contributed by atoms with Crippen molar-refractivity contribution in [2.75, 3.05) is 5.32 Å². The van der Waals surface area contributed by atoms with E-state index < -0.39 is 0 Å². The molecule has 4 nitrogen and oxygen atoms in total. The number of rotatable bonds is 5. The van der Waals surface area contributed by atoms with E-state index in [1.807, 2.05) is 6.92 Å². The molecule has 2 aromatic rings. The van der Waals surface area contributed by atoms with Crippen molar-refractivity contribution in [1.29, 1.82) is 0 Å². The molecule has 0 aromatic carbocycles. The Balaban J connectivity index is 2.22. The standard InChI is InChI=1S/C13H20N4S2/c1-6-8(4)14-13-17-16-12(19-13)10-9(5)15-11(18-10)7(2)3/h7-8H,6H2,1-5H3,(H,14,17). The lowest BCUT2D eigenvalue weighted by molar-refractivity contribution is 0.760. The van der Waals surface area contributed by atoms with Crippen LogP contribution in [0.2, 0.25) is 0 Å². The van der Waals surface area contributed by atoms with Crippen LogP contribution in [0.5, 0.6) is 0 Å². The van der Waals surface area contributed by atoms with Crippen LogP contribution >= 0.6 is 22.7 Å². The molecule has 1 N–H and O–H groups in total. The van der Waals surface area contributed by atoms with E-state index in [2.05, 4.69) is 48.2 Å². The fourth-order valence-electron chi connectivity index (χ4n) is 1.55. The molecule has 0 aliphatic rings. The molecule has 0 aliphatic heterocycles. The quantitative estimate of drug-likeness (QED) is 0.893. The summed E-state index contributed by atoms with van der Waals surface area (Å²) in [6.45, 7) is 10.7. The number of nitrogens with zero attached hydrogens (tertiary/aromatic N) is 3. The summed E-state index contributed by atoms with van der Waals surface area (Å²) >= 11 is 3.33. The van der Waals surface area contributed by atoms with Gasteiger partial charge in [0.1, 0.15) is 0 Å². The van der Waals surface area contributed by atoms with Gasteiger partial charge in [0, 0.05) is 12.0 Å². The van der Waals surface area contributed by atoms with Crippen molar-refractivity contribution in [3.05, 3.63) is 10.7 Å². The average Bonchev–Trinajstić information content (AvgIpc) is 2.95. The van der Waals surface area contributed by atoms with Crippen LogP contribution in [0.25, 0.3) is 9.88 Å². The number of thiazole rings is 1. The van der Waals surface area contributed by atoms with Crippen LogP contribution in [0, 0.1) is 6.92 Å². The van der Waals surface area contributed by atoms with E-state index in [1.54, 1.807) is 22.7 Å². The highest BCUT2D eigenvalue weighted by atomic mass is 32.1. The molecule has 0 saturated heterocycles. The predicted octanol–water partition coefficient (Wildman–Crippen LogP) is 4.30. The van der Waals surface area contributed by atoms with Crippen molar-refractivity contribution in [2.24, 2.45) is 0 Å². The minimum Gasteiger partial charge on any atom is -0.358 e. The van der Waals surface area contributed by atoms with Gasteiger partial charge in [-0.1, -0.05) is 32.1 Å². The zero-order valence-corrected chi connectivity index (χ0v) is 13.7. The number of hydrogen-bond donors (Lipinski definition) is 1. The van der Waals surface area contributed by atoms with Crippen LogP contribution in [0.4, 0.5) is 5.13 Å². The molecular formula is C13H20N4S2. The maximum Gasteiger partial charge on any atom is 0.206 e. The van der Waals surface area contributed by atoms with E-state index in [0.717, 1.165) is 27.1 Å². The first-order valence-electron chi connectivity index (χ1n) is 6.59. The molecule has 2 heterocycles. The number of aromatic nitrogens is 3. The molecule has 2 aromatic heterocycles. The second kappa shape index (κ2) is 5.96. The summed E-state index contributed by atoms with van der Waals surface area (Å²) in [5, 5.41) is 14.9. The highest BCUT2D eigenvalue weighted by Crippen LogP contribution is 2.35. The van der Waals surface area contributed by atoms with Crippen molar-refractivity contribution >= 4 is 27.8 Å². The minimum absolute atomic E-state index is 0.426. The lowest BCUT2D eigenvalue weighted by atomic mass is 10.2. The van der Waals surface area contributed by atoms with E-state index in [1.165, 1.54) is 5.01 Å². The van der Waals surface area contributed by atoms with Gasteiger partial charge in [-0.25, -0.2) is 4.98 Å². The van der Waals surface area contributed by atoms with Gasteiger partial charge in [-0.05, 0) is 20.3 Å². The first-order chi connectivity index (χ1) is 9.01. The van der Waals surface area contributed by atoms with Crippen LogP contribution in [0.1, 0.15) is 50.7 Å². The minimum atomic E-state index is 0.426. The van der Waals surface area contributed by atoms with Crippen molar-refractivity contribution < 1.29 is 0 Å². The van der Waals surface area contributed by atoms with Crippen molar-refractivity contribution in [2.45, 2.75) is 53.0 Å². The third-order valence-corrected chi connectivity index (χ3v) is 5.37. The summed E-state index contributed by atoms with van der Waals surface area (Å²) in [5.74, 6) is 0.461. The van der Waals surface area contributed by atoms with Gasteiger partial charge < -0.3 is 5.32 Å². The Labute approximate surface area is 122 Å².